The summed E-state index contributed by atoms with van der Waals surface area (Å²) in [7, 11) is -38.1. The van der Waals surface area contributed by atoms with Crippen molar-refractivity contribution in [1.29, 1.82) is 0 Å². The molecule has 89 heavy (non-hydrogen) atoms. The second-order valence-electron chi connectivity index (χ2n) is 19.6. The Morgan fingerprint density at radius 1 is 0.551 bits per heavy atom. The van der Waals surface area contributed by atoms with Crippen LogP contribution in [0.25, 0.3) is 0 Å². The molecular formula is C36H55Cl2N9O35S7. The summed E-state index contributed by atoms with van der Waals surface area (Å²) in [5.41, 5.74) is -2.03. The first-order valence-corrected chi connectivity index (χ1v) is 35.5. The van der Waals surface area contributed by atoms with Gasteiger partial charge < -0.3 is 33.2 Å². The summed E-state index contributed by atoms with van der Waals surface area (Å²) in [5.74, 6) is -0.773. The van der Waals surface area contributed by atoms with Gasteiger partial charge in [0.1, 0.15) is 54.2 Å². The van der Waals surface area contributed by atoms with Crippen LogP contribution in [0.1, 0.15) is 56.6 Å². The smallest absolute Gasteiger partial charge is 0.375 e. The van der Waals surface area contributed by atoms with Crippen LogP contribution in [0.3, 0.4) is 0 Å². The summed E-state index contributed by atoms with van der Waals surface area (Å²) >= 11 is 12.6. The highest BCUT2D eigenvalue weighted by atomic mass is 35.5. The minimum atomic E-state index is -5.54. The number of alkyl halides is 2. The lowest BCUT2D eigenvalue weighted by Crippen LogP contribution is -2.60. The fourth-order valence-electron chi connectivity index (χ4n) is 9.70. The summed E-state index contributed by atoms with van der Waals surface area (Å²) in [5, 5.41) is 21.9. The van der Waals surface area contributed by atoms with Gasteiger partial charge in [0.15, 0.2) is 24.8 Å². The lowest BCUT2D eigenvalue weighted by molar-refractivity contribution is -0.270. The molecule has 510 valence electrons. The summed E-state index contributed by atoms with van der Waals surface area (Å²) in [4.78, 5) is 0. The van der Waals surface area contributed by atoms with Gasteiger partial charge in [-0.05, 0) is 13.8 Å². The van der Waals surface area contributed by atoms with Gasteiger partial charge in [0, 0.05) is 38.7 Å². The molecule has 4 aliphatic heterocycles. The van der Waals surface area contributed by atoms with E-state index in [2.05, 4.69) is 47.7 Å². The van der Waals surface area contributed by atoms with Crippen LogP contribution in [0.2, 0.25) is 0 Å². The Morgan fingerprint density at radius 3 is 1.53 bits per heavy atom. The molecule has 16 atom stereocenters. The molecule has 7 N–H and O–H groups in total. The molecule has 0 spiro atoms. The van der Waals surface area contributed by atoms with Gasteiger partial charge in [-0.15, -0.1) is 38.5 Å². The quantitative estimate of drug-likeness (QED) is 0.0236. The number of hydrogen-bond acceptors (Lipinski definition) is 34. The number of rotatable bonds is 32. The lowest BCUT2D eigenvalue weighted by atomic mass is 9.86. The molecule has 1 unspecified atom stereocenters. The van der Waals surface area contributed by atoms with E-state index in [1.54, 1.807) is 6.92 Å². The summed E-state index contributed by atoms with van der Waals surface area (Å²) in [6, 6.07) is 0. The topological polar surface area (TPSA) is 602 Å². The third kappa shape index (κ3) is 22.8. The summed E-state index contributed by atoms with van der Waals surface area (Å²) < 4.78 is 312. The van der Waals surface area contributed by atoms with Crippen molar-refractivity contribution in [3.63, 3.8) is 0 Å². The van der Waals surface area contributed by atoms with E-state index in [0.717, 1.165) is 21.8 Å². The van der Waals surface area contributed by atoms with Crippen LogP contribution in [0.15, 0.2) is 18.6 Å². The van der Waals surface area contributed by atoms with Gasteiger partial charge in [-0.25, -0.2) is 43.3 Å². The Hall–Kier alpha value is -3.19. The van der Waals surface area contributed by atoms with E-state index < -0.39 is 227 Å². The molecule has 0 aliphatic carbocycles. The minimum absolute atomic E-state index is 0.0577. The molecule has 53 heteroatoms. The number of hydrogen-bond donors (Lipinski definition) is 7. The SMILES string of the molecule is CCOCc1cn(C[C@@H]2C[C@H](OS(=O)(=O)O)[C@H](OS(=O)(=O)O)[C@H](OCn3cc(C[C@H]4C[C@@H](OS(=O)(=O)O)[C@@H](OS(=O)(=O)O)[C@@H](OCc5cn(C[C@H]6C[C@@H](OS(=O)(=O)O)[C@@](CCl)(CC7O[C@@H](C)[C@@H](Cl)[C@@H](OS(=O)(=O)O)[C@H]7OS(=O)(=O)O)O6)nn5)O4)nn3)O2)nn1. The van der Waals surface area contributed by atoms with Crippen LogP contribution in [-0.4, -0.2) is 245 Å². The second kappa shape index (κ2) is 29.2. The molecule has 4 aliphatic rings. The fraction of sp³-hybridized carbons (Fsp3) is 0.833. The zero-order valence-corrected chi connectivity index (χ0v) is 52.3. The third-order valence-corrected chi connectivity index (χ3v) is 17.2. The second-order valence-corrected chi connectivity index (χ2v) is 27.7. The highest BCUT2D eigenvalue weighted by molar-refractivity contribution is 7.82. The molecule has 0 amide bonds. The normalized spacial score (nSPS) is 31.3. The maximum absolute atomic E-state index is 12.1. The molecule has 0 radical (unpaired) electrons. The molecule has 0 bridgehead atoms. The van der Waals surface area contributed by atoms with Crippen molar-refractivity contribution in [3.05, 3.63) is 35.7 Å². The number of halogens is 2. The molecule has 7 heterocycles. The van der Waals surface area contributed by atoms with Crippen molar-refractivity contribution in [3.8, 4) is 0 Å². The average Bonchev–Trinajstić information content (AvgIpc) is 2.16. The number of aromatic nitrogens is 9. The molecule has 7 rings (SSSR count). The van der Waals surface area contributed by atoms with Crippen LogP contribution >= 0.6 is 23.2 Å². The zero-order chi connectivity index (χ0) is 65.9. The van der Waals surface area contributed by atoms with E-state index in [9.17, 15) is 90.8 Å². The zero-order valence-electron chi connectivity index (χ0n) is 45.1. The molecular weight excluding hydrogens is 1410 g/mol. The number of ether oxygens (including phenoxy) is 7. The Morgan fingerprint density at radius 2 is 1.00 bits per heavy atom. The first-order chi connectivity index (χ1) is 41.0. The van der Waals surface area contributed by atoms with E-state index in [1.165, 1.54) is 17.8 Å². The van der Waals surface area contributed by atoms with E-state index in [1.807, 2.05) is 0 Å². The predicted octanol–water partition coefficient (Wildman–Crippen LogP) is -3.47. The fourth-order valence-corrected chi connectivity index (χ4v) is 13.9. The Kier molecular flexibility index (Phi) is 24.0. The maximum Gasteiger partial charge on any atom is 0.397 e. The van der Waals surface area contributed by atoms with Crippen molar-refractivity contribution in [1.82, 2.24) is 45.0 Å². The van der Waals surface area contributed by atoms with Crippen LogP contribution in [-0.2, 0) is 175 Å². The van der Waals surface area contributed by atoms with Gasteiger partial charge >= 0.3 is 72.8 Å². The van der Waals surface area contributed by atoms with Gasteiger partial charge in [0.05, 0.1) is 92.4 Å². The van der Waals surface area contributed by atoms with Gasteiger partial charge in [-0.1, -0.05) is 15.6 Å². The van der Waals surface area contributed by atoms with Crippen LogP contribution in [0.4, 0.5) is 0 Å². The third-order valence-electron chi connectivity index (χ3n) is 12.8. The Labute approximate surface area is 515 Å². The Balaban J connectivity index is 1.06. The van der Waals surface area contributed by atoms with Gasteiger partial charge in [0.25, 0.3) is 0 Å². The molecule has 4 fully saturated rings. The van der Waals surface area contributed by atoms with E-state index in [0.29, 0.717) is 12.3 Å². The van der Waals surface area contributed by atoms with Gasteiger partial charge in [-0.2, -0.15) is 58.9 Å². The monoisotopic (exact) mass is 1470 g/mol. The maximum atomic E-state index is 12.1. The van der Waals surface area contributed by atoms with Crippen molar-refractivity contribution in [2.75, 3.05) is 12.5 Å². The van der Waals surface area contributed by atoms with Crippen molar-refractivity contribution in [2.45, 2.75) is 176 Å². The van der Waals surface area contributed by atoms with Crippen molar-refractivity contribution >= 4 is 96.0 Å². The molecule has 0 aromatic carbocycles. The predicted molar refractivity (Wildman–Crippen MR) is 278 cm³/mol. The van der Waals surface area contributed by atoms with Gasteiger partial charge in [-0.3, -0.25) is 31.9 Å². The van der Waals surface area contributed by atoms with E-state index in [4.69, 9.17) is 68.9 Å². The standard InChI is InChI=1S/C36H55Cl2N9O35S7/c1-3-69-14-20-10-45(42-40-20)12-23-6-26(77-84(51,52)53)32(81-88(63,64)65)35(74-23)71-17-47-9-19(39-44-47)4-22-5-25(76-83(48,49)50)31(80-87(60,61)62)34(73-22)70-15-21-11-46(43-41-21)13-24-7-28(78-85(54,55)56)36(16-37,75-24)8-27-30(79-86(57,58)59)33(82-89(66,67)68)29(38)18(2)72-27/h9-11,18,22-35H,3-8,12-17H2,1-2H3,(H,48,49,50)(H,51,52,53)(H,54,55,56)(H,57,58,59)(H,60,61,62)(H,63,64,65)(H,66,67,68)/t18-,22-,23-,24+,25+,26-,27?,28+,29+,30-,31+,32-,33+,34-,35+,36-/m0/s1. The summed E-state index contributed by atoms with van der Waals surface area (Å²) in [6.45, 7) is 1.21. The Bertz CT molecular complexity index is 3720. The van der Waals surface area contributed by atoms with Crippen molar-refractivity contribution in [2.24, 2.45) is 0 Å². The number of nitrogens with zero attached hydrogens (tertiary/aromatic N) is 9. The molecule has 44 nitrogen and oxygen atoms in total. The highest BCUT2D eigenvalue weighted by Crippen LogP contribution is 2.43. The first kappa shape index (κ1) is 73.2. The van der Waals surface area contributed by atoms with Crippen molar-refractivity contribution < 1.29 is 153 Å². The van der Waals surface area contributed by atoms with E-state index in [-0.39, 0.29) is 24.5 Å². The van der Waals surface area contributed by atoms with E-state index >= 15 is 0 Å². The minimum Gasteiger partial charge on any atom is -0.375 e. The average molecular weight is 1470 g/mol. The van der Waals surface area contributed by atoms with Crippen LogP contribution in [0.5, 0.6) is 0 Å². The largest absolute Gasteiger partial charge is 0.397 e. The first-order valence-electron chi connectivity index (χ1n) is 24.9. The molecule has 3 aromatic heterocycles. The highest BCUT2D eigenvalue weighted by Gasteiger charge is 2.57. The summed E-state index contributed by atoms with van der Waals surface area (Å²) in [6.07, 6.45) is -24.7. The van der Waals surface area contributed by atoms with Crippen LogP contribution < -0.4 is 0 Å². The van der Waals surface area contributed by atoms with Gasteiger partial charge in [0.2, 0.25) is 0 Å². The molecule has 4 saturated heterocycles. The molecule has 3 aromatic rings. The van der Waals surface area contributed by atoms with Crippen LogP contribution in [0, 0.1) is 0 Å². The lowest BCUT2D eigenvalue weighted by Gasteiger charge is -2.44. The molecule has 0 saturated carbocycles.